The van der Waals surface area contributed by atoms with Gasteiger partial charge in [0.15, 0.2) is 0 Å². The number of nitrogens with zero attached hydrogens (tertiary/aromatic N) is 1. The molecule has 6 nitrogen and oxygen atoms in total. The third kappa shape index (κ3) is 4.08. The number of carboxylic acid groups (broad SMARTS) is 1. The van der Waals surface area contributed by atoms with Crippen molar-refractivity contribution in [3.63, 3.8) is 0 Å². The summed E-state index contributed by atoms with van der Waals surface area (Å²) < 4.78 is 1.97. The Kier molecular flexibility index (Phi) is 5.82. The van der Waals surface area contributed by atoms with Gasteiger partial charge in [0.05, 0.1) is 17.8 Å². The van der Waals surface area contributed by atoms with Gasteiger partial charge in [0.1, 0.15) is 0 Å². The number of hydrogen-bond acceptors (Lipinski definition) is 3. The van der Waals surface area contributed by atoms with E-state index in [1.807, 2.05) is 28.8 Å². The van der Waals surface area contributed by atoms with E-state index in [-0.39, 0.29) is 13.0 Å². The summed E-state index contributed by atoms with van der Waals surface area (Å²) in [5.41, 5.74) is 15.8. The van der Waals surface area contributed by atoms with Crippen LogP contribution >= 0.6 is 11.6 Å². The number of carbonyl (C=O) groups is 2. The highest BCUT2D eigenvalue weighted by Gasteiger charge is 2.16. The van der Waals surface area contributed by atoms with Crippen LogP contribution in [0.1, 0.15) is 28.0 Å². The van der Waals surface area contributed by atoms with E-state index < -0.39 is 11.9 Å². The lowest BCUT2D eigenvalue weighted by Gasteiger charge is -2.18. The zero-order chi connectivity index (χ0) is 20.3. The lowest BCUT2D eigenvalue weighted by atomic mass is 10.1. The number of amides is 1. The first-order chi connectivity index (χ1) is 13.4. The minimum Gasteiger partial charge on any atom is -0.481 e. The monoisotopic (exact) mass is 397 g/mol. The molecule has 0 aliphatic heterocycles. The average molecular weight is 398 g/mol. The molecule has 0 spiro atoms. The first kappa shape index (κ1) is 19.7. The topological polar surface area (TPSA) is 111 Å². The van der Waals surface area contributed by atoms with Crippen LogP contribution in [0.3, 0.4) is 0 Å². The first-order valence-corrected chi connectivity index (χ1v) is 9.10. The maximum atomic E-state index is 11.5. The molecule has 0 atom stereocenters. The van der Waals surface area contributed by atoms with Gasteiger partial charge in [-0.05, 0) is 60.0 Å². The molecule has 3 aromatic rings. The molecule has 144 valence electrons. The normalized spacial score (nSPS) is 10.8. The van der Waals surface area contributed by atoms with Crippen LogP contribution in [0.15, 0.2) is 54.6 Å². The maximum absolute atomic E-state index is 11.5. The van der Waals surface area contributed by atoms with E-state index in [9.17, 15) is 9.59 Å². The third-order valence-corrected chi connectivity index (χ3v) is 4.77. The molecule has 5 N–H and O–H groups in total. The van der Waals surface area contributed by atoms with E-state index in [0.717, 1.165) is 28.2 Å². The summed E-state index contributed by atoms with van der Waals surface area (Å²) in [7, 11) is 0. The van der Waals surface area contributed by atoms with Gasteiger partial charge >= 0.3 is 5.97 Å². The Morgan fingerprint density at radius 3 is 2.36 bits per heavy atom. The molecule has 0 saturated carbocycles. The Balaban J connectivity index is 2.19. The van der Waals surface area contributed by atoms with Crippen molar-refractivity contribution in [2.45, 2.75) is 19.4 Å². The number of carboxylic acids is 1. The fraction of sp³-hybridized carbons (Fsp3) is 0.143. The number of benzene rings is 2. The third-order valence-electron chi connectivity index (χ3n) is 4.52. The standard InChI is InChI=1S/C21H20ClN3O3/c22-16-4-1-13(2-5-16)18-9-6-17(7-10-20(26)27)25(18)19-8-3-14(21(24)28)11-15(19)12-23/h1-6,8-9,11H,7,10,12,23H2,(H2,24,28)(H,26,27). The van der Waals surface area contributed by atoms with Gasteiger partial charge in [0, 0.05) is 22.8 Å². The Morgan fingerprint density at radius 1 is 1.04 bits per heavy atom. The highest BCUT2D eigenvalue weighted by Crippen LogP contribution is 2.30. The SMILES string of the molecule is NCc1cc(C(N)=O)ccc1-n1c(CCC(=O)O)ccc1-c1ccc(Cl)cc1. The molecule has 0 aliphatic carbocycles. The average Bonchev–Trinajstić information content (AvgIpc) is 3.10. The summed E-state index contributed by atoms with van der Waals surface area (Å²) in [4.78, 5) is 22.6. The van der Waals surface area contributed by atoms with Crippen molar-refractivity contribution in [1.82, 2.24) is 4.57 Å². The molecule has 7 heteroatoms. The van der Waals surface area contributed by atoms with Crippen molar-refractivity contribution >= 4 is 23.5 Å². The Morgan fingerprint density at radius 2 is 1.75 bits per heavy atom. The molecule has 0 radical (unpaired) electrons. The van der Waals surface area contributed by atoms with Crippen LogP contribution in [0.25, 0.3) is 16.9 Å². The molecule has 0 fully saturated rings. The van der Waals surface area contributed by atoms with Crippen LogP contribution < -0.4 is 11.5 Å². The zero-order valence-corrected chi connectivity index (χ0v) is 15.8. The van der Waals surface area contributed by atoms with E-state index in [0.29, 0.717) is 17.0 Å². The van der Waals surface area contributed by atoms with Crippen LogP contribution in [0.5, 0.6) is 0 Å². The van der Waals surface area contributed by atoms with Gasteiger partial charge < -0.3 is 21.1 Å². The molecule has 28 heavy (non-hydrogen) atoms. The molecule has 3 rings (SSSR count). The van der Waals surface area contributed by atoms with Gasteiger partial charge in [-0.3, -0.25) is 9.59 Å². The van der Waals surface area contributed by atoms with Gasteiger partial charge in [0.25, 0.3) is 0 Å². The predicted molar refractivity (Wildman–Crippen MR) is 109 cm³/mol. The van der Waals surface area contributed by atoms with Crippen molar-refractivity contribution in [3.05, 3.63) is 76.4 Å². The second kappa shape index (κ2) is 8.29. The lowest BCUT2D eigenvalue weighted by molar-refractivity contribution is -0.136. The summed E-state index contributed by atoms with van der Waals surface area (Å²) >= 11 is 6.01. The zero-order valence-electron chi connectivity index (χ0n) is 15.1. The number of rotatable bonds is 7. The molecule has 1 amide bonds. The summed E-state index contributed by atoms with van der Waals surface area (Å²) in [6, 6.07) is 16.3. The highest BCUT2D eigenvalue weighted by molar-refractivity contribution is 6.30. The summed E-state index contributed by atoms with van der Waals surface area (Å²) in [5.74, 6) is -1.40. The predicted octanol–water partition coefficient (Wildman–Crippen LogP) is 3.37. The van der Waals surface area contributed by atoms with Crippen LogP contribution in [-0.2, 0) is 17.8 Å². The van der Waals surface area contributed by atoms with Gasteiger partial charge in [-0.1, -0.05) is 23.7 Å². The van der Waals surface area contributed by atoms with E-state index in [1.54, 1.807) is 30.3 Å². The minimum atomic E-state index is -0.871. The molecule has 1 aromatic heterocycles. The number of primary amides is 1. The molecule has 2 aromatic carbocycles. The van der Waals surface area contributed by atoms with Gasteiger partial charge in [0.2, 0.25) is 5.91 Å². The molecule has 0 aliphatic rings. The number of carbonyl (C=O) groups excluding carboxylic acids is 1. The van der Waals surface area contributed by atoms with Crippen molar-refractivity contribution in [1.29, 1.82) is 0 Å². The summed E-state index contributed by atoms with van der Waals surface area (Å²) in [5, 5.41) is 9.72. The second-order valence-electron chi connectivity index (χ2n) is 6.36. The molecule has 0 unspecified atom stereocenters. The first-order valence-electron chi connectivity index (χ1n) is 8.72. The second-order valence-corrected chi connectivity index (χ2v) is 6.79. The molecule has 1 heterocycles. The van der Waals surface area contributed by atoms with Gasteiger partial charge in [-0.25, -0.2) is 0 Å². The van der Waals surface area contributed by atoms with Gasteiger partial charge in [-0.15, -0.1) is 0 Å². The largest absolute Gasteiger partial charge is 0.481 e. The van der Waals surface area contributed by atoms with E-state index in [2.05, 4.69) is 0 Å². The number of aliphatic carboxylic acids is 1. The number of hydrogen-bond donors (Lipinski definition) is 3. The summed E-state index contributed by atoms with van der Waals surface area (Å²) in [6.45, 7) is 0.201. The molecule has 0 bridgehead atoms. The Labute approximate surface area is 167 Å². The van der Waals surface area contributed by atoms with Crippen LogP contribution in [0, 0.1) is 0 Å². The Hall–Kier alpha value is -3.09. The van der Waals surface area contributed by atoms with E-state index in [1.165, 1.54) is 0 Å². The van der Waals surface area contributed by atoms with Crippen LogP contribution in [0.4, 0.5) is 0 Å². The van der Waals surface area contributed by atoms with E-state index >= 15 is 0 Å². The number of aromatic nitrogens is 1. The molecular weight excluding hydrogens is 378 g/mol. The highest BCUT2D eigenvalue weighted by atomic mass is 35.5. The fourth-order valence-corrected chi connectivity index (χ4v) is 3.29. The number of halogens is 1. The Bertz CT molecular complexity index is 1030. The van der Waals surface area contributed by atoms with Crippen molar-refractivity contribution < 1.29 is 14.7 Å². The van der Waals surface area contributed by atoms with Crippen molar-refractivity contribution in [2.75, 3.05) is 0 Å². The van der Waals surface area contributed by atoms with Crippen molar-refractivity contribution in [3.8, 4) is 16.9 Å². The summed E-state index contributed by atoms with van der Waals surface area (Å²) in [6.07, 6.45) is 0.353. The minimum absolute atomic E-state index is 0.00139. The van der Waals surface area contributed by atoms with Crippen molar-refractivity contribution in [2.24, 2.45) is 11.5 Å². The maximum Gasteiger partial charge on any atom is 0.303 e. The number of nitrogens with two attached hydrogens (primary N) is 2. The molecule has 0 saturated heterocycles. The smallest absolute Gasteiger partial charge is 0.303 e. The molecular formula is C21H20ClN3O3. The lowest BCUT2D eigenvalue weighted by Crippen LogP contribution is -2.14. The number of aryl methyl sites for hydroxylation is 1. The van der Waals surface area contributed by atoms with Crippen LogP contribution in [0.2, 0.25) is 5.02 Å². The van der Waals surface area contributed by atoms with Gasteiger partial charge in [-0.2, -0.15) is 0 Å². The van der Waals surface area contributed by atoms with Crippen LogP contribution in [-0.4, -0.2) is 21.6 Å². The van der Waals surface area contributed by atoms with E-state index in [4.69, 9.17) is 28.2 Å². The fourth-order valence-electron chi connectivity index (χ4n) is 3.16. The quantitative estimate of drug-likeness (QED) is 0.567.